The number of anilines is 1. The molecule has 1 fully saturated rings. The number of rotatable bonds is 5. The molecule has 0 unspecified atom stereocenters. The second-order valence-electron chi connectivity index (χ2n) is 6.82. The molecular formula is C20H22N4O3S2. The number of hydrazone groups is 1. The number of ether oxygens (including phenoxy) is 1. The molecule has 0 radical (unpaired) electrons. The molecule has 1 saturated heterocycles. The number of hydrogen-bond donors (Lipinski definition) is 2. The lowest BCUT2D eigenvalue weighted by Crippen LogP contribution is -2.54. The minimum absolute atomic E-state index is 0.456. The highest BCUT2D eigenvalue weighted by Gasteiger charge is 2.50. The Hall–Kier alpha value is -2.62. The number of thioether (sulfide) groups is 1. The lowest BCUT2D eigenvalue weighted by molar-refractivity contribution is -0.114. The fraction of sp³-hybridized carbons (Fsp3) is 0.250. The van der Waals surface area contributed by atoms with E-state index in [-0.39, 0.29) is 0 Å². The second-order valence-corrected chi connectivity index (χ2v) is 9.11. The summed E-state index contributed by atoms with van der Waals surface area (Å²) in [5.74, 6) is 0.660. The molecule has 0 bridgehead atoms. The number of benzene rings is 2. The lowest BCUT2D eigenvalue weighted by Gasteiger charge is -2.34. The molecule has 1 aliphatic rings. The number of amides is 2. The van der Waals surface area contributed by atoms with Gasteiger partial charge in [-0.15, -0.1) is 0 Å². The fourth-order valence-electron chi connectivity index (χ4n) is 2.94. The van der Waals surface area contributed by atoms with Gasteiger partial charge in [-0.3, -0.25) is 5.21 Å². The summed E-state index contributed by atoms with van der Waals surface area (Å²) in [4.78, 5) is 12.6. The maximum atomic E-state index is 12.6. The highest BCUT2D eigenvalue weighted by atomic mass is 32.2. The Morgan fingerprint density at radius 2 is 1.93 bits per heavy atom. The highest BCUT2D eigenvalue weighted by molar-refractivity contribution is 8.24. The molecule has 0 aliphatic carbocycles. The standard InChI is InChI=1S/C20H22N4O3S2/c1-20(2)17(24(26)18(25)22-15-10-5-4-6-11-15)23(19(28)29-20)21-13-14-9-7-8-12-16(14)27-3/h4-13,17,26H,1-3H3,(H,22,25)/b21-13-/t17-/m1/s1. The van der Waals surface area contributed by atoms with Crippen molar-refractivity contribution in [2.75, 3.05) is 12.4 Å². The van der Waals surface area contributed by atoms with Crippen LogP contribution < -0.4 is 10.1 Å². The monoisotopic (exact) mass is 430 g/mol. The van der Waals surface area contributed by atoms with Gasteiger partial charge in [-0.05, 0) is 38.1 Å². The summed E-state index contributed by atoms with van der Waals surface area (Å²) in [6.07, 6.45) is 0.804. The van der Waals surface area contributed by atoms with E-state index in [0.29, 0.717) is 20.8 Å². The average Bonchev–Trinajstić information content (AvgIpc) is 2.94. The third-order valence-corrected chi connectivity index (χ3v) is 5.85. The number of methoxy groups -OCH3 is 1. The van der Waals surface area contributed by atoms with Gasteiger partial charge in [-0.1, -0.05) is 54.3 Å². The van der Waals surface area contributed by atoms with Gasteiger partial charge >= 0.3 is 6.03 Å². The van der Waals surface area contributed by atoms with E-state index in [1.807, 2.05) is 44.2 Å². The van der Waals surface area contributed by atoms with Gasteiger partial charge in [-0.25, -0.2) is 9.80 Å². The van der Waals surface area contributed by atoms with Gasteiger partial charge in [0.1, 0.15) is 5.75 Å². The van der Waals surface area contributed by atoms with Crippen LogP contribution in [-0.4, -0.2) is 49.9 Å². The van der Waals surface area contributed by atoms with Gasteiger partial charge in [0.05, 0.1) is 18.1 Å². The van der Waals surface area contributed by atoms with Crippen molar-refractivity contribution in [3.05, 3.63) is 60.2 Å². The van der Waals surface area contributed by atoms with Gasteiger partial charge in [0.2, 0.25) is 0 Å². The summed E-state index contributed by atoms with van der Waals surface area (Å²) in [7, 11) is 1.58. The molecule has 2 aromatic carbocycles. The number of nitrogens with one attached hydrogen (secondary N) is 1. The molecule has 1 heterocycles. The van der Waals surface area contributed by atoms with Crippen LogP contribution in [0.25, 0.3) is 0 Å². The molecule has 29 heavy (non-hydrogen) atoms. The van der Waals surface area contributed by atoms with Crippen LogP contribution in [0.15, 0.2) is 59.7 Å². The van der Waals surface area contributed by atoms with Crippen molar-refractivity contribution >= 4 is 46.2 Å². The highest BCUT2D eigenvalue weighted by Crippen LogP contribution is 2.42. The molecule has 2 amide bonds. The van der Waals surface area contributed by atoms with Crippen LogP contribution in [0.3, 0.4) is 0 Å². The summed E-state index contributed by atoms with van der Waals surface area (Å²) in [6.45, 7) is 3.79. The Bertz CT molecular complexity index is 921. The summed E-state index contributed by atoms with van der Waals surface area (Å²) in [5, 5.41) is 19.9. The van der Waals surface area contributed by atoms with E-state index in [1.54, 1.807) is 37.6 Å². The van der Waals surface area contributed by atoms with E-state index in [4.69, 9.17) is 17.0 Å². The van der Waals surface area contributed by atoms with Crippen molar-refractivity contribution in [1.29, 1.82) is 0 Å². The molecule has 0 aromatic heterocycles. The first kappa shape index (κ1) is 21.1. The van der Waals surface area contributed by atoms with Gasteiger partial charge in [0.15, 0.2) is 10.5 Å². The van der Waals surface area contributed by atoms with Gasteiger partial charge in [-0.2, -0.15) is 10.2 Å². The first-order valence-corrected chi connectivity index (χ1v) is 10.1. The number of carbonyl (C=O) groups excluding carboxylic acids is 1. The normalized spacial score (nSPS) is 18.1. The summed E-state index contributed by atoms with van der Waals surface area (Å²) < 4.78 is 5.21. The molecular weight excluding hydrogens is 408 g/mol. The lowest BCUT2D eigenvalue weighted by atomic mass is 10.1. The SMILES string of the molecule is COc1ccccc1/C=N\N1C(=S)SC(C)(C)[C@H]1N(O)C(=O)Nc1ccccc1. The number of nitrogens with zero attached hydrogens (tertiary/aromatic N) is 3. The van der Waals surface area contributed by atoms with Crippen molar-refractivity contribution < 1.29 is 14.7 Å². The van der Waals surface area contributed by atoms with Crippen molar-refractivity contribution in [3.63, 3.8) is 0 Å². The zero-order chi connectivity index (χ0) is 21.0. The van der Waals surface area contributed by atoms with Crippen molar-refractivity contribution in [2.45, 2.75) is 24.8 Å². The zero-order valence-electron chi connectivity index (χ0n) is 16.3. The van der Waals surface area contributed by atoms with E-state index in [0.717, 1.165) is 5.56 Å². The third kappa shape index (κ3) is 4.69. The first-order chi connectivity index (χ1) is 13.8. The molecule has 7 nitrogen and oxygen atoms in total. The number of thiocarbonyl (C=S) groups is 1. The maximum Gasteiger partial charge on any atom is 0.347 e. The zero-order valence-corrected chi connectivity index (χ0v) is 17.9. The van der Waals surface area contributed by atoms with Crippen LogP contribution in [0.5, 0.6) is 5.75 Å². The summed E-state index contributed by atoms with van der Waals surface area (Å²) >= 11 is 6.82. The van der Waals surface area contributed by atoms with Crippen LogP contribution in [0.4, 0.5) is 10.5 Å². The molecule has 1 atom stereocenters. The van der Waals surface area contributed by atoms with E-state index in [2.05, 4.69) is 10.4 Å². The van der Waals surface area contributed by atoms with E-state index < -0.39 is 16.9 Å². The van der Waals surface area contributed by atoms with Gasteiger partial charge < -0.3 is 10.1 Å². The van der Waals surface area contributed by atoms with E-state index >= 15 is 0 Å². The number of carbonyl (C=O) groups is 1. The molecule has 152 valence electrons. The Labute approximate surface area is 179 Å². The smallest absolute Gasteiger partial charge is 0.347 e. The summed E-state index contributed by atoms with van der Waals surface area (Å²) in [6, 6.07) is 15.7. The van der Waals surface area contributed by atoms with Crippen molar-refractivity contribution in [2.24, 2.45) is 5.10 Å². The predicted octanol–water partition coefficient (Wildman–Crippen LogP) is 4.39. The molecule has 2 N–H and O–H groups in total. The fourth-order valence-corrected chi connectivity index (χ4v) is 4.72. The van der Waals surface area contributed by atoms with Crippen LogP contribution in [-0.2, 0) is 0 Å². The molecule has 2 aromatic rings. The topological polar surface area (TPSA) is 77.4 Å². The minimum atomic E-state index is -0.797. The predicted molar refractivity (Wildman–Crippen MR) is 120 cm³/mol. The van der Waals surface area contributed by atoms with Gasteiger partial charge in [0.25, 0.3) is 0 Å². The van der Waals surface area contributed by atoms with Crippen LogP contribution >= 0.6 is 24.0 Å². The Morgan fingerprint density at radius 1 is 1.28 bits per heavy atom. The maximum absolute atomic E-state index is 12.6. The van der Waals surface area contributed by atoms with Crippen LogP contribution in [0.2, 0.25) is 0 Å². The molecule has 3 rings (SSSR count). The Kier molecular flexibility index (Phi) is 6.41. The molecule has 0 saturated carbocycles. The van der Waals surface area contributed by atoms with Crippen molar-refractivity contribution in [1.82, 2.24) is 10.1 Å². The molecule has 0 spiro atoms. The average molecular weight is 431 g/mol. The number of para-hydroxylation sites is 2. The van der Waals surface area contributed by atoms with Crippen molar-refractivity contribution in [3.8, 4) is 5.75 Å². The largest absolute Gasteiger partial charge is 0.496 e. The van der Waals surface area contributed by atoms with Crippen LogP contribution in [0, 0.1) is 0 Å². The van der Waals surface area contributed by atoms with Gasteiger partial charge in [0, 0.05) is 11.3 Å². The number of hydrogen-bond acceptors (Lipinski definition) is 6. The third-order valence-electron chi connectivity index (χ3n) is 4.32. The van der Waals surface area contributed by atoms with Crippen LogP contribution in [0.1, 0.15) is 19.4 Å². The van der Waals surface area contributed by atoms with E-state index in [9.17, 15) is 10.0 Å². The molecule has 9 heteroatoms. The van der Waals surface area contributed by atoms with E-state index in [1.165, 1.54) is 16.8 Å². The minimum Gasteiger partial charge on any atom is -0.496 e. The Balaban J connectivity index is 1.84. The first-order valence-electron chi connectivity index (χ1n) is 8.87. The Morgan fingerprint density at radius 3 is 2.62 bits per heavy atom. The summed E-state index contributed by atoms with van der Waals surface area (Å²) in [5.41, 5.74) is 1.33. The number of urea groups is 1. The molecule has 1 aliphatic heterocycles. The second kappa shape index (κ2) is 8.81. The number of hydroxylamine groups is 2. The quantitative estimate of drug-likeness (QED) is 0.317.